The zero-order valence-electron chi connectivity index (χ0n) is 14.5. The molecule has 2 aliphatic heterocycles. The van der Waals surface area contributed by atoms with Crippen molar-refractivity contribution in [3.63, 3.8) is 0 Å². The van der Waals surface area contributed by atoms with Crippen LogP contribution in [-0.2, 0) is 19.1 Å². The summed E-state index contributed by atoms with van der Waals surface area (Å²) in [6.45, 7) is 3.65. The number of hydrogen-bond acceptors (Lipinski definition) is 4. The summed E-state index contributed by atoms with van der Waals surface area (Å²) in [5, 5.41) is 1.67. The number of nitrogens with two attached hydrogens (primary N) is 1. The van der Waals surface area contributed by atoms with Gasteiger partial charge < -0.3 is 10.1 Å². The van der Waals surface area contributed by atoms with Crippen LogP contribution in [0.3, 0.4) is 0 Å². The third-order valence-electron chi connectivity index (χ3n) is 5.50. The van der Waals surface area contributed by atoms with E-state index < -0.39 is 41.1 Å². The maximum Gasteiger partial charge on any atom is 0.368 e. The van der Waals surface area contributed by atoms with Crippen LogP contribution in [0, 0.1) is 17.7 Å². The van der Waals surface area contributed by atoms with E-state index >= 15 is 0 Å². The van der Waals surface area contributed by atoms with Gasteiger partial charge in [-0.15, -0.1) is 0 Å². The van der Waals surface area contributed by atoms with Crippen molar-refractivity contribution >= 4 is 17.8 Å². The number of halogens is 1. The fourth-order valence-electron chi connectivity index (χ4n) is 4.24. The van der Waals surface area contributed by atoms with E-state index in [4.69, 9.17) is 4.74 Å². The van der Waals surface area contributed by atoms with Gasteiger partial charge in [0.05, 0.1) is 6.61 Å². The summed E-state index contributed by atoms with van der Waals surface area (Å²) in [6.07, 6.45) is 0.310. The van der Waals surface area contributed by atoms with Crippen LogP contribution in [-0.4, -0.2) is 41.9 Å². The van der Waals surface area contributed by atoms with Crippen LogP contribution < -0.4 is 5.32 Å². The van der Waals surface area contributed by atoms with Crippen LogP contribution >= 0.6 is 0 Å². The fraction of sp³-hybridized carbons (Fsp3) is 0.500. The number of esters is 1. The molecule has 2 N–H and O–H groups in total. The number of rotatable bonds is 4. The van der Waals surface area contributed by atoms with E-state index in [-0.39, 0.29) is 12.5 Å². The predicted molar refractivity (Wildman–Crippen MR) is 85.5 cm³/mol. The van der Waals surface area contributed by atoms with E-state index in [1.807, 2.05) is 0 Å². The Labute approximate surface area is 145 Å². The second kappa shape index (κ2) is 6.22. The summed E-state index contributed by atoms with van der Waals surface area (Å²) < 4.78 is 19.6. The Morgan fingerprint density at radius 3 is 2.56 bits per heavy atom. The van der Waals surface area contributed by atoms with Gasteiger partial charge in [0.1, 0.15) is 23.7 Å². The normalized spacial score (nSPS) is 31.4. The number of fused-ring (bicyclic) bond motifs is 1. The van der Waals surface area contributed by atoms with Gasteiger partial charge in [-0.2, -0.15) is 0 Å². The van der Waals surface area contributed by atoms with Crippen LogP contribution in [0.25, 0.3) is 0 Å². The molecule has 2 saturated heterocycles. The van der Waals surface area contributed by atoms with E-state index in [2.05, 4.69) is 0 Å². The maximum atomic E-state index is 14.4. The van der Waals surface area contributed by atoms with E-state index in [0.717, 1.165) is 4.90 Å². The minimum atomic E-state index is -1.22. The highest BCUT2D eigenvalue weighted by atomic mass is 19.1. The van der Waals surface area contributed by atoms with Crippen molar-refractivity contribution < 1.29 is 28.8 Å². The van der Waals surface area contributed by atoms with Crippen molar-refractivity contribution in [3.05, 3.63) is 35.6 Å². The van der Waals surface area contributed by atoms with Crippen molar-refractivity contribution in [2.45, 2.75) is 31.8 Å². The van der Waals surface area contributed by atoms with Gasteiger partial charge >= 0.3 is 5.97 Å². The molecular weight excluding hydrogens is 327 g/mol. The first-order valence-corrected chi connectivity index (χ1v) is 8.48. The number of carbonyl (C=O) groups is 3. The van der Waals surface area contributed by atoms with Crippen molar-refractivity contribution in [1.82, 2.24) is 4.90 Å². The second-order valence-corrected chi connectivity index (χ2v) is 6.57. The van der Waals surface area contributed by atoms with Gasteiger partial charge in [0, 0.05) is 19.0 Å². The largest absolute Gasteiger partial charge is 0.461 e. The summed E-state index contributed by atoms with van der Waals surface area (Å²) in [7, 11) is 1.41. The van der Waals surface area contributed by atoms with Crippen molar-refractivity contribution in [1.29, 1.82) is 0 Å². The average molecular weight is 349 g/mol. The molecule has 25 heavy (non-hydrogen) atoms. The lowest BCUT2D eigenvalue weighted by Gasteiger charge is -2.28. The number of benzene rings is 1. The summed E-state index contributed by atoms with van der Waals surface area (Å²) in [5.74, 6) is -3.38. The summed E-state index contributed by atoms with van der Waals surface area (Å²) in [5.41, 5.74) is -0.890. The first kappa shape index (κ1) is 17.5. The summed E-state index contributed by atoms with van der Waals surface area (Å²) in [4.78, 5) is 39.2. The number of nitrogens with zero attached hydrogens (tertiary/aromatic N) is 1. The fourth-order valence-corrected chi connectivity index (χ4v) is 4.24. The second-order valence-electron chi connectivity index (χ2n) is 6.57. The van der Waals surface area contributed by atoms with Crippen molar-refractivity contribution in [2.75, 3.05) is 13.7 Å². The van der Waals surface area contributed by atoms with Crippen LogP contribution in [0.1, 0.15) is 31.9 Å². The molecule has 0 unspecified atom stereocenters. The quantitative estimate of drug-likeness (QED) is 0.630. The molecular formula is C18H22FN2O4+. The van der Waals surface area contributed by atoms with Crippen molar-refractivity contribution in [2.24, 2.45) is 11.8 Å². The molecule has 134 valence electrons. The molecule has 0 bridgehead atoms. The molecule has 4 atom stereocenters. The molecule has 0 aliphatic carbocycles. The van der Waals surface area contributed by atoms with Crippen LogP contribution in [0.15, 0.2) is 24.3 Å². The number of ether oxygens (including phenoxy) is 1. The van der Waals surface area contributed by atoms with Gasteiger partial charge in [-0.05, 0) is 13.0 Å². The molecule has 1 aromatic rings. The highest BCUT2D eigenvalue weighted by molar-refractivity contribution is 6.08. The predicted octanol–water partition coefficient (Wildman–Crippen LogP) is 0.387. The topological polar surface area (TPSA) is 80.3 Å². The molecule has 0 radical (unpaired) electrons. The number of quaternary nitrogens is 1. The van der Waals surface area contributed by atoms with Crippen molar-refractivity contribution in [3.8, 4) is 0 Å². The van der Waals surface area contributed by atoms with Crippen LogP contribution in [0.4, 0.5) is 4.39 Å². The molecule has 2 heterocycles. The maximum absolute atomic E-state index is 14.4. The van der Waals surface area contributed by atoms with Gasteiger partial charge in [0.2, 0.25) is 17.4 Å². The molecule has 1 aromatic carbocycles. The third-order valence-corrected chi connectivity index (χ3v) is 5.50. The minimum Gasteiger partial charge on any atom is -0.461 e. The Kier molecular flexibility index (Phi) is 4.36. The Morgan fingerprint density at radius 1 is 1.28 bits per heavy atom. The van der Waals surface area contributed by atoms with Gasteiger partial charge in [0.15, 0.2) is 0 Å². The number of imide groups is 1. The zero-order valence-corrected chi connectivity index (χ0v) is 14.5. The number of amides is 2. The average Bonchev–Trinajstić information content (AvgIpc) is 3.06. The van der Waals surface area contributed by atoms with E-state index in [9.17, 15) is 18.8 Å². The molecule has 2 fully saturated rings. The first-order chi connectivity index (χ1) is 11.9. The Balaban J connectivity index is 2.14. The highest BCUT2D eigenvalue weighted by Crippen LogP contribution is 2.45. The van der Waals surface area contributed by atoms with Gasteiger partial charge in [-0.3, -0.25) is 14.5 Å². The van der Waals surface area contributed by atoms with E-state index in [1.54, 1.807) is 37.4 Å². The third kappa shape index (κ3) is 2.37. The lowest BCUT2D eigenvalue weighted by atomic mass is 9.78. The number of carbonyl (C=O) groups excluding carboxylic acids is 3. The molecule has 0 spiro atoms. The molecule has 3 rings (SSSR count). The molecule has 0 aromatic heterocycles. The Morgan fingerprint density at radius 2 is 1.96 bits per heavy atom. The smallest absolute Gasteiger partial charge is 0.368 e. The minimum absolute atomic E-state index is 0.175. The monoisotopic (exact) mass is 349 g/mol. The number of hydrogen-bond donors (Lipinski definition) is 1. The SMILES string of the molecule is CCOC(=O)[C@@]1(CC)[NH2+][C@@H](c2ccccc2F)[C@H]2C(=O)N(C)C(=O)[C@H]21. The Hall–Kier alpha value is -2.28. The molecule has 0 saturated carbocycles. The molecule has 7 heteroatoms. The van der Waals surface area contributed by atoms with Crippen LogP contribution in [0.2, 0.25) is 0 Å². The van der Waals surface area contributed by atoms with E-state index in [1.165, 1.54) is 13.1 Å². The summed E-state index contributed by atoms with van der Waals surface area (Å²) >= 11 is 0. The van der Waals surface area contributed by atoms with Gasteiger partial charge in [-0.1, -0.05) is 25.1 Å². The number of likely N-dealkylation sites (tertiary alicyclic amines) is 1. The molecule has 6 nitrogen and oxygen atoms in total. The summed E-state index contributed by atoms with van der Waals surface area (Å²) in [6, 6.07) is 5.52. The van der Waals surface area contributed by atoms with Gasteiger partial charge in [0.25, 0.3) is 0 Å². The highest BCUT2D eigenvalue weighted by Gasteiger charge is 2.71. The van der Waals surface area contributed by atoms with Gasteiger partial charge in [-0.25, -0.2) is 9.18 Å². The molecule has 2 amide bonds. The van der Waals surface area contributed by atoms with Crippen LogP contribution in [0.5, 0.6) is 0 Å². The first-order valence-electron chi connectivity index (χ1n) is 8.48. The lowest BCUT2D eigenvalue weighted by Crippen LogP contribution is -2.98. The Bertz CT molecular complexity index is 738. The lowest BCUT2D eigenvalue weighted by molar-refractivity contribution is -0.734. The zero-order chi connectivity index (χ0) is 18.4. The molecule has 2 aliphatic rings. The standard InChI is InChI=1S/C18H21FN2O4/c1-4-18(17(24)25-5-2)13-12(15(22)21(3)16(13)23)14(20-18)10-8-6-7-9-11(10)19/h6-9,12-14,20H,4-5H2,1-3H3/p+1/t12-,13-,14-,18-/m0/s1. The van der Waals surface area contributed by atoms with E-state index in [0.29, 0.717) is 12.0 Å².